The fraction of sp³-hybridized carbons (Fsp3) is 0.440. The molecule has 1 saturated carbocycles. The van der Waals surface area contributed by atoms with Gasteiger partial charge in [-0.05, 0) is 47.7 Å². The summed E-state index contributed by atoms with van der Waals surface area (Å²) >= 11 is 0. The molecule has 1 aromatic carbocycles. The van der Waals surface area contributed by atoms with Crippen LogP contribution in [-0.4, -0.2) is 39.9 Å². The number of hydrazine groups is 2. The highest BCUT2D eigenvalue weighted by Crippen LogP contribution is 2.33. The number of hydrogen-bond donors (Lipinski definition) is 5. The minimum absolute atomic E-state index is 0.305. The van der Waals surface area contributed by atoms with E-state index in [1.165, 1.54) is 43.4 Å². The lowest BCUT2D eigenvalue weighted by Gasteiger charge is -2.47. The van der Waals surface area contributed by atoms with Crippen LogP contribution in [0.1, 0.15) is 48.8 Å². The number of piperazine rings is 1. The standard InChI is InChI=1S/C25H33N9/c26-22-13-20(23-24(29-22)31-32-30-23)11-19-14-28-34(16-19)15-18-5-4-6-21(12-18)33-10-9-27-25(17-33)7-2-1-3-8-25/h4-6,12-14,16,27,30,32H,1-3,7-11,15,17H2,(H3,26,29,31). The van der Waals surface area contributed by atoms with Crippen molar-refractivity contribution in [3.8, 4) is 0 Å². The van der Waals surface area contributed by atoms with Crippen LogP contribution in [0.3, 0.4) is 0 Å². The van der Waals surface area contributed by atoms with Crippen LogP contribution in [0.4, 0.5) is 23.0 Å². The third kappa shape index (κ3) is 4.28. The summed E-state index contributed by atoms with van der Waals surface area (Å²) in [5, 5.41) is 8.48. The van der Waals surface area contributed by atoms with E-state index in [4.69, 9.17) is 5.73 Å². The summed E-state index contributed by atoms with van der Waals surface area (Å²) in [5.74, 6) is 1.22. The zero-order valence-electron chi connectivity index (χ0n) is 19.5. The summed E-state index contributed by atoms with van der Waals surface area (Å²) in [6.07, 6.45) is 11.5. The first-order chi connectivity index (χ1) is 16.7. The SMILES string of the molecule is Nc1cc(Cc2cnn(Cc3cccc(N4CCNC5(CCCCC5)C4)c3)c2)c2c(n1)NNN2. The van der Waals surface area contributed by atoms with E-state index in [1.807, 2.05) is 16.9 Å². The van der Waals surface area contributed by atoms with E-state index in [0.717, 1.165) is 55.2 Å². The summed E-state index contributed by atoms with van der Waals surface area (Å²) in [4.78, 5) is 6.88. The molecule has 1 saturated heterocycles. The van der Waals surface area contributed by atoms with E-state index in [2.05, 4.69) is 67.1 Å². The third-order valence-electron chi connectivity index (χ3n) is 7.38. The van der Waals surface area contributed by atoms with E-state index in [9.17, 15) is 0 Å². The number of rotatable bonds is 5. The van der Waals surface area contributed by atoms with E-state index in [-0.39, 0.29) is 0 Å². The topological polar surface area (TPSA) is 108 Å². The average molecular weight is 460 g/mol. The quantitative estimate of drug-likeness (QED) is 0.396. The predicted molar refractivity (Wildman–Crippen MR) is 136 cm³/mol. The Balaban J connectivity index is 1.15. The molecule has 9 heteroatoms. The van der Waals surface area contributed by atoms with Gasteiger partial charge in [0.15, 0.2) is 5.82 Å². The van der Waals surface area contributed by atoms with Crippen molar-refractivity contribution in [2.75, 3.05) is 41.1 Å². The van der Waals surface area contributed by atoms with Gasteiger partial charge in [-0.1, -0.05) is 31.4 Å². The Bertz CT molecular complexity index is 1160. The molecule has 6 N–H and O–H groups in total. The lowest BCUT2D eigenvalue weighted by Crippen LogP contribution is -2.61. The fourth-order valence-electron chi connectivity index (χ4n) is 5.73. The lowest BCUT2D eigenvalue weighted by molar-refractivity contribution is 0.216. The van der Waals surface area contributed by atoms with Gasteiger partial charge in [0, 0.05) is 43.5 Å². The molecule has 0 amide bonds. The number of aromatic nitrogens is 3. The van der Waals surface area contributed by atoms with Gasteiger partial charge in [-0.2, -0.15) is 5.10 Å². The first kappa shape index (κ1) is 21.2. The van der Waals surface area contributed by atoms with Gasteiger partial charge in [0.05, 0.1) is 18.4 Å². The van der Waals surface area contributed by atoms with Crippen LogP contribution >= 0.6 is 0 Å². The van der Waals surface area contributed by atoms with E-state index < -0.39 is 0 Å². The maximum Gasteiger partial charge on any atom is 0.169 e. The molecule has 178 valence electrons. The highest BCUT2D eigenvalue weighted by Gasteiger charge is 2.36. The molecule has 3 aromatic rings. The van der Waals surface area contributed by atoms with Gasteiger partial charge in [0.1, 0.15) is 5.82 Å². The normalized spacial score (nSPS) is 19.0. The second-order valence-corrected chi connectivity index (χ2v) is 9.89. The van der Waals surface area contributed by atoms with Crippen LogP contribution < -0.4 is 32.3 Å². The van der Waals surface area contributed by atoms with Gasteiger partial charge in [0.25, 0.3) is 0 Å². The zero-order valence-corrected chi connectivity index (χ0v) is 19.5. The first-order valence-electron chi connectivity index (χ1n) is 12.3. The summed E-state index contributed by atoms with van der Waals surface area (Å²) in [6.45, 7) is 3.99. The van der Waals surface area contributed by atoms with E-state index in [0.29, 0.717) is 11.4 Å². The molecule has 6 rings (SSSR count). The van der Waals surface area contributed by atoms with Crippen molar-refractivity contribution < 1.29 is 0 Å². The van der Waals surface area contributed by atoms with Gasteiger partial charge in [-0.3, -0.25) is 10.1 Å². The molecule has 2 fully saturated rings. The number of hydrogen-bond acceptors (Lipinski definition) is 8. The fourth-order valence-corrected chi connectivity index (χ4v) is 5.73. The second kappa shape index (κ2) is 8.81. The minimum Gasteiger partial charge on any atom is -0.384 e. The molecule has 0 unspecified atom stereocenters. The number of nitrogen functional groups attached to an aromatic ring is 1. The second-order valence-electron chi connectivity index (χ2n) is 9.89. The van der Waals surface area contributed by atoms with Gasteiger partial charge in [0.2, 0.25) is 0 Å². The Hall–Kier alpha value is -3.30. The Labute approximate surface area is 200 Å². The summed E-state index contributed by atoms with van der Waals surface area (Å²) in [5.41, 5.74) is 21.0. The molecule has 0 radical (unpaired) electrons. The number of nitrogens with one attached hydrogen (secondary N) is 4. The van der Waals surface area contributed by atoms with Crippen LogP contribution in [-0.2, 0) is 13.0 Å². The number of nitrogens with two attached hydrogens (primary N) is 1. The Morgan fingerprint density at radius 3 is 2.88 bits per heavy atom. The van der Waals surface area contributed by atoms with Crippen molar-refractivity contribution in [2.24, 2.45) is 0 Å². The van der Waals surface area contributed by atoms with Crippen molar-refractivity contribution in [1.29, 1.82) is 0 Å². The molecule has 1 aliphatic carbocycles. The summed E-state index contributed by atoms with van der Waals surface area (Å²) < 4.78 is 2.02. The minimum atomic E-state index is 0.305. The van der Waals surface area contributed by atoms with Crippen molar-refractivity contribution in [2.45, 2.75) is 50.6 Å². The van der Waals surface area contributed by atoms with E-state index in [1.54, 1.807) is 0 Å². The molecule has 9 nitrogen and oxygen atoms in total. The Morgan fingerprint density at radius 1 is 1.06 bits per heavy atom. The van der Waals surface area contributed by atoms with Crippen molar-refractivity contribution in [1.82, 2.24) is 25.6 Å². The molecular formula is C25H33N9. The molecule has 2 aromatic heterocycles. The maximum absolute atomic E-state index is 5.98. The molecule has 0 atom stereocenters. The smallest absolute Gasteiger partial charge is 0.169 e. The van der Waals surface area contributed by atoms with Gasteiger partial charge < -0.3 is 21.4 Å². The highest BCUT2D eigenvalue weighted by atomic mass is 15.6. The lowest BCUT2D eigenvalue weighted by atomic mass is 9.80. The number of pyridine rings is 1. The highest BCUT2D eigenvalue weighted by molar-refractivity contribution is 5.74. The molecule has 3 aliphatic rings. The van der Waals surface area contributed by atoms with Crippen LogP contribution in [0.5, 0.6) is 0 Å². The van der Waals surface area contributed by atoms with Crippen LogP contribution in [0.25, 0.3) is 0 Å². The third-order valence-corrected chi connectivity index (χ3v) is 7.38. The molecule has 4 heterocycles. The van der Waals surface area contributed by atoms with Crippen LogP contribution in [0.2, 0.25) is 0 Å². The molecular weight excluding hydrogens is 426 g/mol. The number of benzene rings is 1. The molecule has 2 aliphatic heterocycles. The van der Waals surface area contributed by atoms with Gasteiger partial charge in [-0.25, -0.2) is 4.98 Å². The number of anilines is 4. The van der Waals surface area contributed by atoms with Crippen LogP contribution in [0.15, 0.2) is 42.7 Å². The monoisotopic (exact) mass is 459 g/mol. The first-order valence-corrected chi connectivity index (χ1v) is 12.3. The molecule has 34 heavy (non-hydrogen) atoms. The average Bonchev–Trinajstić information content (AvgIpc) is 3.49. The van der Waals surface area contributed by atoms with Crippen molar-refractivity contribution in [3.05, 3.63) is 59.4 Å². The van der Waals surface area contributed by atoms with Crippen molar-refractivity contribution in [3.63, 3.8) is 0 Å². The van der Waals surface area contributed by atoms with Crippen molar-refractivity contribution >= 4 is 23.0 Å². The number of fused-ring (bicyclic) bond motifs is 1. The Kier molecular flexibility index (Phi) is 5.50. The molecule has 0 bridgehead atoms. The maximum atomic E-state index is 5.98. The Morgan fingerprint density at radius 2 is 1.97 bits per heavy atom. The molecule has 1 spiro atoms. The van der Waals surface area contributed by atoms with E-state index >= 15 is 0 Å². The number of nitrogens with zero attached hydrogens (tertiary/aromatic N) is 4. The summed E-state index contributed by atoms with van der Waals surface area (Å²) in [6, 6.07) is 10.9. The van der Waals surface area contributed by atoms with Gasteiger partial charge >= 0.3 is 0 Å². The largest absolute Gasteiger partial charge is 0.384 e. The predicted octanol–water partition coefficient (Wildman–Crippen LogP) is 2.87. The van der Waals surface area contributed by atoms with Crippen LogP contribution in [0, 0.1) is 0 Å². The summed E-state index contributed by atoms with van der Waals surface area (Å²) in [7, 11) is 0. The zero-order chi connectivity index (χ0) is 23.0. The van der Waals surface area contributed by atoms with Gasteiger partial charge in [-0.15, -0.1) is 5.53 Å².